The number of benzene rings is 1. The summed E-state index contributed by atoms with van der Waals surface area (Å²) in [7, 11) is 0. The monoisotopic (exact) mass is 313 g/mol. The molecule has 1 N–H and O–H groups in total. The van der Waals surface area contributed by atoms with Gasteiger partial charge < -0.3 is 9.73 Å². The Morgan fingerprint density at radius 3 is 2.75 bits per heavy atom. The molecular weight excluding hydrogens is 297 g/mol. The maximum absolute atomic E-state index is 6.14. The first-order chi connectivity index (χ1) is 9.65. The maximum Gasteiger partial charge on any atom is 0.249 e. The van der Waals surface area contributed by atoms with Crippen LogP contribution in [0.1, 0.15) is 38.6 Å². The fraction of sp³-hybridized carbons (Fsp3) is 0.429. The van der Waals surface area contributed by atoms with Crippen molar-refractivity contribution in [1.29, 1.82) is 0 Å². The minimum absolute atomic E-state index is 0.0640. The molecule has 0 aliphatic carbocycles. The van der Waals surface area contributed by atoms with Crippen LogP contribution in [0.2, 0.25) is 10.0 Å². The SMILES string of the molecule is CCCNC(CC)c1nnc(-c2cc(Cl)ccc2Cl)o1. The number of hydrogen-bond donors (Lipinski definition) is 1. The van der Waals surface area contributed by atoms with Gasteiger partial charge in [0.1, 0.15) is 0 Å². The zero-order valence-corrected chi connectivity index (χ0v) is 13.0. The predicted octanol–water partition coefficient (Wildman–Crippen LogP) is 4.49. The first kappa shape index (κ1) is 15.3. The molecule has 1 heterocycles. The third kappa shape index (κ3) is 3.51. The Morgan fingerprint density at radius 2 is 2.05 bits per heavy atom. The Labute approximate surface area is 128 Å². The third-order valence-corrected chi connectivity index (χ3v) is 3.51. The van der Waals surface area contributed by atoms with Gasteiger partial charge in [-0.3, -0.25) is 0 Å². The second-order valence-electron chi connectivity index (χ2n) is 4.48. The molecule has 0 aliphatic heterocycles. The van der Waals surface area contributed by atoms with E-state index in [0.717, 1.165) is 19.4 Å². The molecule has 0 radical (unpaired) electrons. The fourth-order valence-electron chi connectivity index (χ4n) is 1.87. The van der Waals surface area contributed by atoms with Crippen molar-refractivity contribution in [3.05, 3.63) is 34.1 Å². The smallest absolute Gasteiger partial charge is 0.249 e. The Bertz CT molecular complexity index is 571. The van der Waals surface area contributed by atoms with Gasteiger partial charge in [-0.05, 0) is 37.6 Å². The lowest BCUT2D eigenvalue weighted by atomic mass is 10.2. The maximum atomic E-state index is 6.14. The summed E-state index contributed by atoms with van der Waals surface area (Å²) in [5, 5.41) is 12.7. The highest BCUT2D eigenvalue weighted by Gasteiger charge is 2.18. The molecule has 6 heteroatoms. The van der Waals surface area contributed by atoms with Gasteiger partial charge in [0.05, 0.1) is 16.6 Å². The summed E-state index contributed by atoms with van der Waals surface area (Å²) in [6.07, 6.45) is 1.93. The van der Waals surface area contributed by atoms with E-state index in [-0.39, 0.29) is 6.04 Å². The minimum atomic E-state index is 0.0640. The Hall–Kier alpha value is -1.10. The fourth-order valence-corrected chi connectivity index (χ4v) is 2.24. The van der Waals surface area contributed by atoms with E-state index in [9.17, 15) is 0 Å². The number of aromatic nitrogens is 2. The number of nitrogens with zero attached hydrogens (tertiary/aromatic N) is 2. The van der Waals surface area contributed by atoms with Crippen molar-refractivity contribution in [2.45, 2.75) is 32.7 Å². The molecule has 0 bridgehead atoms. The molecule has 1 unspecified atom stereocenters. The van der Waals surface area contributed by atoms with E-state index in [1.807, 2.05) is 0 Å². The average Bonchev–Trinajstić information content (AvgIpc) is 2.92. The van der Waals surface area contributed by atoms with E-state index in [0.29, 0.717) is 27.4 Å². The van der Waals surface area contributed by atoms with Crippen molar-refractivity contribution in [2.24, 2.45) is 0 Å². The van der Waals surface area contributed by atoms with Gasteiger partial charge in [-0.2, -0.15) is 0 Å². The number of rotatable bonds is 6. The summed E-state index contributed by atoms with van der Waals surface area (Å²) in [4.78, 5) is 0. The van der Waals surface area contributed by atoms with Gasteiger partial charge >= 0.3 is 0 Å². The topological polar surface area (TPSA) is 51.0 Å². The largest absolute Gasteiger partial charge is 0.419 e. The Kier molecular flexibility index (Phi) is 5.40. The molecule has 2 rings (SSSR count). The lowest BCUT2D eigenvalue weighted by Gasteiger charge is -2.11. The molecule has 0 fully saturated rings. The van der Waals surface area contributed by atoms with Gasteiger partial charge in [0.25, 0.3) is 0 Å². The molecule has 0 spiro atoms. The number of hydrogen-bond acceptors (Lipinski definition) is 4. The van der Waals surface area contributed by atoms with Gasteiger partial charge in [-0.15, -0.1) is 10.2 Å². The number of nitrogens with one attached hydrogen (secondary N) is 1. The highest BCUT2D eigenvalue weighted by Crippen LogP contribution is 2.30. The van der Waals surface area contributed by atoms with Crippen LogP contribution in [0.25, 0.3) is 11.5 Å². The lowest BCUT2D eigenvalue weighted by Crippen LogP contribution is -2.21. The van der Waals surface area contributed by atoms with E-state index >= 15 is 0 Å². The van der Waals surface area contributed by atoms with E-state index < -0.39 is 0 Å². The summed E-state index contributed by atoms with van der Waals surface area (Å²) in [5.41, 5.74) is 0.656. The Morgan fingerprint density at radius 1 is 1.25 bits per heavy atom. The van der Waals surface area contributed by atoms with Crippen LogP contribution in [0.5, 0.6) is 0 Å². The highest BCUT2D eigenvalue weighted by atomic mass is 35.5. The van der Waals surface area contributed by atoms with Gasteiger partial charge in [-0.1, -0.05) is 37.0 Å². The van der Waals surface area contributed by atoms with Gasteiger partial charge in [0.15, 0.2) is 0 Å². The van der Waals surface area contributed by atoms with Crippen molar-refractivity contribution in [2.75, 3.05) is 6.54 Å². The summed E-state index contributed by atoms with van der Waals surface area (Å²) in [6.45, 7) is 5.10. The zero-order valence-electron chi connectivity index (χ0n) is 11.5. The quantitative estimate of drug-likeness (QED) is 0.853. The van der Waals surface area contributed by atoms with Crippen LogP contribution in [0, 0.1) is 0 Å². The number of halogens is 2. The zero-order chi connectivity index (χ0) is 14.5. The van der Waals surface area contributed by atoms with Crippen molar-refractivity contribution in [1.82, 2.24) is 15.5 Å². The van der Waals surface area contributed by atoms with Crippen molar-refractivity contribution < 1.29 is 4.42 Å². The highest BCUT2D eigenvalue weighted by molar-refractivity contribution is 6.35. The first-order valence-electron chi connectivity index (χ1n) is 6.67. The second-order valence-corrected chi connectivity index (χ2v) is 5.33. The molecule has 1 aromatic carbocycles. The molecule has 20 heavy (non-hydrogen) atoms. The van der Waals surface area contributed by atoms with Crippen LogP contribution in [-0.2, 0) is 0 Å². The van der Waals surface area contributed by atoms with Crippen LogP contribution in [0.4, 0.5) is 0 Å². The summed E-state index contributed by atoms with van der Waals surface area (Å²) in [5.74, 6) is 0.969. The second kappa shape index (κ2) is 7.07. The van der Waals surface area contributed by atoms with Crippen LogP contribution in [0.15, 0.2) is 22.6 Å². The van der Waals surface area contributed by atoms with Crippen molar-refractivity contribution >= 4 is 23.2 Å². The van der Waals surface area contributed by atoms with E-state index in [4.69, 9.17) is 27.6 Å². The van der Waals surface area contributed by atoms with Crippen molar-refractivity contribution in [3.8, 4) is 11.5 Å². The van der Waals surface area contributed by atoms with E-state index in [2.05, 4.69) is 29.4 Å². The first-order valence-corrected chi connectivity index (χ1v) is 7.43. The van der Waals surface area contributed by atoms with Crippen LogP contribution < -0.4 is 5.32 Å². The van der Waals surface area contributed by atoms with Crippen LogP contribution in [-0.4, -0.2) is 16.7 Å². The predicted molar refractivity (Wildman–Crippen MR) is 81.1 cm³/mol. The van der Waals surface area contributed by atoms with E-state index in [1.165, 1.54) is 0 Å². The molecule has 108 valence electrons. The molecular formula is C14H17Cl2N3O. The molecule has 0 saturated heterocycles. The van der Waals surface area contributed by atoms with Gasteiger partial charge in [0, 0.05) is 5.02 Å². The molecule has 0 saturated carbocycles. The molecule has 4 nitrogen and oxygen atoms in total. The summed E-state index contributed by atoms with van der Waals surface area (Å²) >= 11 is 12.1. The normalized spacial score (nSPS) is 12.6. The van der Waals surface area contributed by atoms with Gasteiger partial charge in [0.2, 0.25) is 11.8 Å². The standard InChI is InChI=1S/C14H17Cl2N3O/c1-3-7-17-12(4-2)14-19-18-13(20-14)10-8-9(15)5-6-11(10)16/h5-6,8,12,17H,3-4,7H2,1-2H3. The Balaban J connectivity index is 2.25. The minimum Gasteiger partial charge on any atom is -0.419 e. The molecule has 2 aromatic rings. The van der Waals surface area contributed by atoms with Gasteiger partial charge in [-0.25, -0.2) is 0 Å². The molecule has 0 amide bonds. The van der Waals surface area contributed by atoms with Crippen molar-refractivity contribution in [3.63, 3.8) is 0 Å². The third-order valence-electron chi connectivity index (χ3n) is 2.95. The van der Waals surface area contributed by atoms with Crippen LogP contribution >= 0.6 is 23.2 Å². The average molecular weight is 314 g/mol. The lowest BCUT2D eigenvalue weighted by molar-refractivity contribution is 0.396. The molecule has 1 aromatic heterocycles. The summed E-state index contributed by atoms with van der Waals surface area (Å²) < 4.78 is 5.73. The summed E-state index contributed by atoms with van der Waals surface area (Å²) in [6, 6.07) is 5.23. The van der Waals surface area contributed by atoms with E-state index in [1.54, 1.807) is 18.2 Å². The van der Waals surface area contributed by atoms with Crippen LogP contribution in [0.3, 0.4) is 0 Å². The molecule has 1 atom stereocenters. The molecule has 0 aliphatic rings.